The monoisotopic (exact) mass is 408 g/mol. The molecule has 30 heavy (non-hydrogen) atoms. The Labute approximate surface area is 176 Å². The number of rotatable bonds is 2. The maximum atomic E-state index is 12.0. The van der Waals surface area contributed by atoms with Crippen LogP contribution in [0.4, 0.5) is 21.0 Å². The van der Waals surface area contributed by atoms with Gasteiger partial charge in [0.15, 0.2) is 0 Å². The van der Waals surface area contributed by atoms with Crippen molar-refractivity contribution in [2.45, 2.75) is 52.7 Å². The van der Waals surface area contributed by atoms with Crippen LogP contribution < -0.4 is 10.6 Å². The van der Waals surface area contributed by atoms with E-state index in [-0.39, 0.29) is 0 Å². The van der Waals surface area contributed by atoms with Crippen LogP contribution in [0.2, 0.25) is 0 Å². The maximum Gasteiger partial charge on any atom is 0.412 e. The fraction of sp³-hybridized carbons (Fsp3) is 0.333. The molecule has 0 aliphatic rings. The molecule has 0 atom stereocenters. The third-order valence-electron chi connectivity index (χ3n) is 4.09. The molecule has 6 heteroatoms. The van der Waals surface area contributed by atoms with E-state index in [4.69, 9.17) is 9.47 Å². The zero-order valence-electron chi connectivity index (χ0n) is 18.3. The minimum absolute atomic E-state index is 0.486. The average molecular weight is 408 g/mol. The standard InChI is InChI=1S/C24H28N2O4/c1-23(2,3)29-21(27)25-19-9-7-15-12-18-14-20(26-22(28)30-24(4,5)6)10-8-16(18)11-17(15)13-19/h7-14H,1-6H3,(H,25,27)(H,26,28). The van der Waals surface area contributed by atoms with Crippen molar-refractivity contribution in [2.24, 2.45) is 0 Å². The van der Waals surface area contributed by atoms with Crippen molar-refractivity contribution in [1.29, 1.82) is 0 Å². The van der Waals surface area contributed by atoms with E-state index in [0.717, 1.165) is 21.5 Å². The Morgan fingerprint density at radius 2 is 0.967 bits per heavy atom. The largest absolute Gasteiger partial charge is 0.444 e. The zero-order valence-corrected chi connectivity index (χ0v) is 18.3. The fourth-order valence-electron chi connectivity index (χ4n) is 3.00. The second-order valence-electron chi connectivity index (χ2n) is 9.23. The van der Waals surface area contributed by atoms with Gasteiger partial charge in [-0.05, 0) is 99.5 Å². The Balaban J connectivity index is 1.82. The predicted molar refractivity (Wildman–Crippen MR) is 121 cm³/mol. The van der Waals surface area contributed by atoms with Gasteiger partial charge in [-0.1, -0.05) is 12.1 Å². The van der Waals surface area contributed by atoms with Gasteiger partial charge in [-0.3, -0.25) is 10.6 Å². The molecule has 0 fully saturated rings. The fourth-order valence-corrected chi connectivity index (χ4v) is 3.00. The van der Waals surface area contributed by atoms with E-state index in [0.29, 0.717) is 11.4 Å². The van der Waals surface area contributed by atoms with E-state index in [1.165, 1.54) is 0 Å². The van der Waals surface area contributed by atoms with Gasteiger partial charge < -0.3 is 9.47 Å². The van der Waals surface area contributed by atoms with Crippen molar-refractivity contribution in [3.05, 3.63) is 48.5 Å². The maximum absolute atomic E-state index is 12.0. The Hall–Kier alpha value is -3.28. The lowest BCUT2D eigenvalue weighted by atomic mass is 10.0. The second kappa shape index (κ2) is 7.86. The molecule has 0 aromatic heterocycles. The Bertz CT molecular complexity index is 1020. The van der Waals surface area contributed by atoms with Crippen LogP contribution in [0.5, 0.6) is 0 Å². The van der Waals surface area contributed by atoms with Crippen molar-refractivity contribution in [1.82, 2.24) is 0 Å². The number of anilines is 2. The molecule has 158 valence electrons. The number of ether oxygens (including phenoxy) is 2. The van der Waals surface area contributed by atoms with Crippen molar-refractivity contribution >= 4 is 45.1 Å². The molecule has 2 N–H and O–H groups in total. The van der Waals surface area contributed by atoms with Gasteiger partial charge in [-0.15, -0.1) is 0 Å². The predicted octanol–water partition coefficient (Wildman–Crippen LogP) is 6.69. The van der Waals surface area contributed by atoms with Gasteiger partial charge >= 0.3 is 12.2 Å². The summed E-state index contributed by atoms with van der Waals surface area (Å²) < 4.78 is 10.6. The van der Waals surface area contributed by atoms with Crippen LogP contribution in [0.3, 0.4) is 0 Å². The molecule has 3 aromatic rings. The molecule has 3 rings (SSSR count). The van der Waals surface area contributed by atoms with E-state index in [1.807, 2.05) is 90.1 Å². The van der Waals surface area contributed by atoms with Crippen LogP contribution in [-0.4, -0.2) is 23.4 Å². The number of fused-ring (bicyclic) bond motifs is 2. The van der Waals surface area contributed by atoms with E-state index in [1.54, 1.807) is 0 Å². The molecular weight excluding hydrogens is 380 g/mol. The summed E-state index contributed by atoms with van der Waals surface area (Å²) in [6.45, 7) is 10.9. The van der Waals surface area contributed by atoms with E-state index in [9.17, 15) is 9.59 Å². The second-order valence-corrected chi connectivity index (χ2v) is 9.23. The summed E-state index contributed by atoms with van der Waals surface area (Å²) in [6.07, 6.45) is -0.971. The van der Waals surface area contributed by atoms with Crippen molar-refractivity contribution < 1.29 is 19.1 Å². The van der Waals surface area contributed by atoms with Gasteiger partial charge in [0.2, 0.25) is 0 Å². The highest BCUT2D eigenvalue weighted by molar-refractivity contribution is 6.02. The number of amides is 2. The first kappa shape index (κ1) is 21.4. The third-order valence-corrected chi connectivity index (χ3v) is 4.09. The number of carbonyl (C=O) groups excluding carboxylic acids is 2. The molecule has 0 aliphatic carbocycles. The Morgan fingerprint density at radius 1 is 0.600 bits per heavy atom. The zero-order chi connectivity index (χ0) is 22.1. The Morgan fingerprint density at radius 3 is 1.30 bits per heavy atom. The number of hydrogen-bond acceptors (Lipinski definition) is 4. The highest BCUT2D eigenvalue weighted by Crippen LogP contribution is 2.28. The summed E-state index contributed by atoms with van der Waals surface area (Å²) in [7, 11) is 0. The topological polar surface area (TPSA) is 76.7 Å². The molecule has 0 aliphatic heterocycles. The molecule has 0 radical (unpaired) electrons. The van der Waals surface area contributed by atoms with Gasteiger partial charge in [0, 0.05) is 11.4 Å². The summed E-state index contributed by atoms with van der Waals surface area (Å²) >= 11 is 0. The lowest BCUT2D eigenvalue weighted by Gasteiger charge is -2.20. The van der Waals surface area contributed by atoms with Gasteiger partial charge in [0.1, 0.15) is 11.2 Å². The van der Waals surface area contributed by atoms with Crippen LogP contribution in [0.25, 0.3) is 21.5 Å². The normalized spacial score (nSPS) is 11.9. The van der Waals surface area contributed by atoms with Crippen LogP contribution >= 0.6 is 0 Å². The smallest absolute Gasteiger partial charge is 0.412 e. The minimum atomic E-state index is -0.553. The van der Waals surface area contributed by atoms with E-state index in [2.05, 4.69) is 10.6 Å². The lowest BCUT2D eigenvalue weighted by Crippen LogP contribution is -2.27. The van der Waals surface area contributed by atoms with Gasteiger partial charge in [-0.2, -0.15) is 0 Å². The molecule has 0 spiro atoms. The van der Waals surface area contributed by atoms with Crippen LogP contribution in [0, 0.1) is 0 Å². The van der Waals surface area contributed by atoms with Crippen molar-refractivity contribution in [3.63, 3.8) is 0 Å². The molecule has 0 bridgehead atoms. The SMILES string of the molecule is CC(C)(C)OC(=O)Nc1ccc2cc3cc(NC(=O)OC(C)(C)C)ccc3cc2c1. The summed E-state index contributed by atoms with van der Waals surface area (Å²) in [6, 6.07) is 15.5. The summed E-state index contributed by atoms with van der Waals surface area (Å²) in [5, 5.41) is 9.55. The number of benzene rings is 3. The van der Waals surface area contributed by atoms with Crippen molar-refractivity contribution in [3.8, 4) is 0 Å². The van der Waals surface area contributed by atoms with Gasteiger partial charge in [0.25, 0.3) is 0 Å². The quantitative estimate of drug-likeness (QED) is 0.463. The molecule has 0 unspecified atom stereocenters. The average Bonchev–Trinajstić information content (AvgIpc) is 2.56. The van der Waals surface area contributed by atoms with E-state index >= 15 is 0 Å². The Kier molecular flexibility index (Phi) is 5.61. The number of nitrogens with one attached hydrogen (secondary N) is 2. The van der Waals surface area contributed by atoms with Gasteiger partial charge in [0.05, 0.1) is 0 Å². The first-order chi connectivity index (χ1) is 13.9. The lowest BCUT2D eigenvalue weighted by molar-refractivity contribution is 0.0624. The summed E-state index contributed by atoms with van der Waals surface area (Å²) in [5.41, 5.74) is 0.225. The van der Waals surface area contributed by atoms with E-state index < -0.39 is 23.4 Å². The highest BCUT2D eigenvalue weighted by atomic mass is 16.6. The van der Waals surface area contributed by atoms with Crippen molar-refractivity contribution in [2.75, 3.05) is 10.6 Å². The summed E-state index contributed by atoms with van der Waals surface area (Å²) in [4.78, 5) is 24.0. The number of hydrogen-bond donors (Lipinski definition) is 2. The molecule has 0 saturated carbocycles. The number of carbonyl (C=O) groups is 2. The minimum Gasteiger partial charge on any atom is -0.444 e. The third kappa shape index (κ3) is 5.86. The molecule has 3 aromatic carbocycles. The molecular formula is C24H28N2O4. The molecule has 0 heterocycles. The summed E-state index contributed by atoms with van der Waals surface area (Å²) in [5.74, 6) is 0. The van der Waals surface area contributed by atoms with Crippen LogP contribution in [0.15, 0.2) is 48.5 Å². The van der Waals surface area contributed by atoms with Crippen LogP contribution in [0.1, 0.15) is 41.5 Å². The van der Waals surface area contributed by atoms with Gasteiger partial charge in [-0.25, -0.2) is 9.59 Å². The first-order valence-electron chi connectivity index (χ1n) is 9.86. The first-order valence-corrected chi connectivity index (χ1v) is 9.86. The molecule has 2 amide bonds. The molecule has 6 nitrogen and oxygen atoms in total. The highest BCUT2D eigenvalue weighted by Gasteiger charge is 2.17. The van der Waals surface area contributed by atoms with Crippen LogP contribution in [-0.2, 0) is 9.47 Å². The molecule has 0 saturated heterocycles.